The van der Waals surface area contributed by atoms with Gasteiger partial charge < -0.3 is 0 Å². The predicted octanol–water partition coefficient (Wildman–Crippen LogP) is 4.29. The summed E-state index contributed by atoms with van der Waals surface area (Å²) in [4.78, 5) is 0.153. The highest BCUT2D eigenvalue weighted by atomic mass is 79.9. The van der Waals surface area contributed by atoms with Crippen LogP contribution in [0.25, 0.3) is 0 Å². The molecule has 0 atom stereocenters. The molecule has 0 saturated heterocycles. The van der Waals surface area contributed by atoms with Crippen molar-refractivity contribution in [3.05, 3.63) is 27.7 Å². The lowest BCUT2D eigenvalue weighted by molar-refractivity contribution is 0.355. The number of hydrogen-bond donors (Lipinski definition) is 0. The highest BCUT2D eigenvalue weighted by molar-refractivity contribution is 9.10. The zero-order chi connectivity index (χ0) is 14.6. The van der Waals surface area contributed by atoms with Crippen LogP contribution in [-0.4, -0.2) is 30.6 Å². The van der Waals surface area contributed by atoms with Crippen molar-refractivity contribution in [2.45, 2.75) is 31.2 Å². The fraction of sp³-hybridized carbons (Fsp3) is 0.500. The molecule has 0 unspecified atom stereocenters. The van der Waals surface area contributed by atoms with E-state index in [0.717, 1.165) is 16.2 Å². The molecule has 0 bridgehead atoms. The number of halogens is 3. The van der Waals surface area contributed by atoms with Crippen LogP contribution in [0.1, 0.15) is 20.3 Å². The predicted molar refractivity (Wildman–Crippen MR) is 86.6 cm³/mol. The Morgan fingerprint density at radius 2 is 2.00 bits per heavy atom. The third-order valence-corrected chi connectivity index (χ3v) is 6.18. The van der Waals surface area contributed by atoms with Gasteiger partial charge >= 0.3 is 0 Å². The van der Waals surface area contributed by atoms with Gasteiger partial charge in [-0.2, -0.15) is 4.31 Å². The van der Waals surface area contributed by atoms with Crippen molar-refractivity contribution in [1.29, 1.82) is 0 Å². The van der Waals surface area contributed by atoms with Crippen molar-refractivity contribution in [1.82, 2.24) is 4.31 Å². The maximum atomic E-state index is 12.6. The Hall–Kier alpha value is 0.380. The van der Waals surface area contributed by atoms with Crippen LogP contribution < -0.4 is 0 Å². The molecule has 1 rings (SSSR count). The Kier molecular flexibility index (Phi) is 6.79. The van der Waals surface area contributed by atoms with Gasteiger partial charge in [0.15, 0.2) is 0 Å². The summed E-state index contributed by atoms with van der Waals surface area (Å²) in [7, 11) is -3.56. The summed E-state index contributed by atoms with van der Waals surface area (Å²) in [6.45, 7) is 4.19. The van der Waals surface area contributed by atoms with Crippen LogP contribution >= 0.6 is 43.5 Å². The van der Waals surface area contributed by atoms with Crippen molar-refractivity contribution in [2.75, 3.05) is 11.9 Å². The number of hydrogen-bond acceptors (Lipinski definition) is 2. The summed E-state index contributed by atoms with van der Waals surface area (Å²) in [5.74, 6) is 0. The topological polar surface area (TPSA) is 37.4 Å². The Morgan fingerprint density at radius 3 is 2.47 bits per heavy atom. The summed E-state index contributed by atoms with van der Waals surface area (Å²) in [6, 6.07) is 4.70. The minimum Gasteiger partial charge on any atom is -0.207 e. The molecule has 3 nitrogen and oxygen atoms in total. The Morgan fingerprint density at radius 1 is 1.37 bits per heavy atom. The lowest BCUT2D eigenvalue weighted by Crippen LogP contribution is -2.38. The van der Waals surface area contributed by atoms with Gasteiger partial charge in [-0.3, -0.25) is 0 Å². The zero-order valence-corrected chi connectivity index (χ0v) is 15.5. The van der Waals surface area contributed by atoms with Crippen molar-refractivity contribution < 1.29 is 8.42 Å². The summed E-state index contributed by atoms with van der Waals surface area (Å²) in [5.41, 5.74) is 0. The highest BCUT2D eigenvalue weighted by Crippen LogP contribution is 2.28. The largest absolute Gasteiger partial charge is 0.244 e. The first kappa shape index (κ1) is 17.4. The standard InChI is InChI=1S/C12H16Br2ClNO2S/c1-9(2)16(7-3-6-13)19(17,18)12-5-4-10(14)8-11(12)15/h4-5,8-9H,3,6-7H2,1-2H3. The van der Waals surface area contributed by atoms with E-state index in [-0.39, 0.29) is 16.0 Å². The average Bonchev–Trinajstić information content (AvgIpc) is 2.27. The summed E-state index contributed by atoms with van der Waals surface area (Å²) >= 11 is 12.6. The monoisotopic (exact) mass is 431 g/mol. The number of alkyl halides is 1. The van der Waals surface area contributed by atoms with Crippen LogP contribution in [0, 0.1) is 0 Å². The fourth-order valence-electron chi connectivity index (χ4n) is 1.68. The van der Waals surface area contributed by atoms with Crippen LogP contribution in [-0.2, 0) is 10.0 Å². The quantitative estimate of drug-likeness (QED) is 0.628. The molecular formula is C12H16Br2ClNO2S. The van der Waals surface area contributed by atoms with Crippen molar-refractivity contribution >= 4 is 53.5 Å². The van der Waals surface area contributed by atoms with Gasteiger partial charge in [0, 0.05) is 22.4 Å². The lowest BCUT2D eigenvalue weighted by atomic mass is 10.3. The smallest absolute Gasteiger partial charge is 0.207 e. The van der Waals surface area contributed by atoms with E-state index in [1.54, 1.807) is 12.1 Å². The van der Waals surface area contributed by atoms with Gasteiger partial charge in [0.05, 0.1) is 5.02 Å². The second-order valence-electron chi connectivity index (χ2n) is 4.33. The Labute approximate surface area is 136 Å². The molecule has 1 aromatic carbocycles. The van der Waals surface area contributed by atoms with E-state index in [4.69, 9.17) is 11.6 Å². The number of sulfonamides is 1. The molecule has 19 heavy (non-hydrogen) atoms. The fourth-order valence-corrected chi connectivity index (χ4v) is 4.62. The van der Waals surface area contributed by atoms with Crippen LogP contribution in [0.4, 0.5) is 0 Å². The van der Waals surface area contributed by atoms with Crippen molar-refractivity contribution in [3.8, 4) is 0 Å². The molecule has 108 valence electrons. The van der Waals surface area contributed by atoms with E-state index >= 15 is 0 Å². The number of nitrogens with zero attached hydrogens (tertiary/aromatic N) is 1. The van der Waals surface area contributed by atoms with E-state index in [1.807, 2.05) is 13.8 Å². The van der Waals surface area contributed by atoms with Crippen LogP contribution in [0.15, 0.2) is 27.6 Å². The first-order chi connectivity index (χ1) is 8.80. The molecule has 0 aromatic heterocycles. The molecule has 0 radical (unpaired) electrons. The molecule has 0 amide bonds. The van der Waals surface area contributed by atoms with E-state index in [0.29, 0.717) is 6.54 Å². The maximum Gasteiger partial charge on any atom is 0.244 e. The van der Waals surface area contributed by atoms with Crippen LogP contribution in [0.3, 0.4) is 0 Å². The molecule has 7 heteroatoms. The van der Waals surface area contributed by atoms with E-state index in [9.17, 15) is 8.42 Å². The summed E-state index contributed by atoms with van der Waals surface area (Å²) in [6.07, 6.45) is 0.756. The number of rotatable bonds is 6. The first-order valence-corrected chi connectivity index (χ1v) is 9.56. The van der Waals surface area contributed by atoms with Gasteiger partial charge in [-0.1, -0.05) is 43.5 Å². The number of benzene rings is 1. The molecule has 1 aromatic rings. The molecule has 0 aliphatic rings. The molecule has 0 spiro atoms. The van der Waals surface area contributed by atoms with Gasteiger partial charge in [-0.15, -0.1) is 0 Å². The van der Waals surface area contributed by atoms with E-state index in [2.05, 4.69) is 31.9 Å². The summed E-state index contributed by atoms with van der Waals surface area (Å²) in [5, 5.41) is 0.999. The SMILES string of the molecule is CC(C)N(CCCBr)S(=O)(=O)c1ccc(Br)cc1Cl. The third-order valence-electron chi connectivity index (χ3n) is 2.57. The second-order valence-corrected chi connectivity index (χ2v) is 8.30. The molecule has 0 saturated carbocycles. The van der Waals surface area contributed by atoms with Crippen LogP contribution in [0.2, 0.25) is 5.02 Å². The van der Waals surface area contributed by atoms with Crippen molar-refractivity contribution in [2.24, 2.45) is 0 Å². The molecule has 0 fully saturated rings. The highest BCUT2D eigenvalue weighted by Gasteiger charge is 2.28. The lowest BCUT2D eigenvalue weighted by Gasteiger charge is -2.26. The molecule has 0 heterocycles. The zero-order valence-electron chi connectivity index (χ0n) is 10.7. The molecule has 0 aliphatic carbocycles. The van der Waals surface area contributed by atoms with Crippen molar-refractivity contribution in [3.63, 3.8) is 0 Å². The van der Waals surface area contributed by atoms with Gasteiger partial charge in [-0.25, -0.2) is 8.42 Å². The Bertz CT molecular complexity index is 535. The average molecular weight is 434 g/mol. The third kappa shape index (κ3) is 4.43. The van der Waals surface area contributed by atoms with Gasteiger partial charge in [0.25, 0.3) is 0 Å². The van der Waals surface area contributed by atoms with Gasteiger partial charge in [0.1, 0.15) is 4.90 Å². The molecule has 0 N–H and O–H groups in total. The minimum atomic E-state index is -3.56. The first-order valence-electron chi connectivity index (χ1n) is 5.83. The Balaban J connectivity index is 3.19. The summed E-state index contributed by atoms with van der Waals surface area (Å²) < 4.78 is 27.5. The van der Waals surface area contributed by atoms with Gasteiger partial charge in [-0.05, 0) is 38.5 Å². The molecular weight excluding hydrogens is 417 g/mol. The van der Waals surface area contributed by atoms with Crippen LogP contribution in [0.5, 0.6) is 0 Å². The maximum absolute atomic E-state index is 12.6. The van der Waals surface area contributed by atoms with E-state index in [1.165, 1.54) is 10.4 Å². The van der Waals surface area contributed by atoms with E-state index < -0.39 is 10.0 Å². The minimum absolute atomic E-state index is 0.108. The molecule has 0 aliphatic heterocycles. The van der Waals surface area contributed by atoms with Gasteiger partial charge in [0.2, 0.25) is 10.0 Å². The normalized spacial score (nSPS) is 12.4. The second kappa shape index (κ2) is 7.41.